The molecule has 1 amide bonds. The number of amides is 1. The highest BCUT2D eigenvalue weighted by Gasteiger charge is 2.34. The molecule has 0 aliphatic heterocycles. The molecule has 4 nitrogen and oxygen atoms in total. The van der Waals surface area contributed by atoms with Crippen molar-refractivity contribution in [2.24, 2.45) is 11.3 Å². The number of hydrogen-bond donors (Lipinski definition) is 2. The van der Waals surface area contributed by atoms with Crippen molar-refractivity contribution in [2.45, 2.75) is 51.3 Å². The molecule has 0 saturated heterocycles. The molecule has 2 N–H and O–H groups in total. The minimum Gasteiger partial charge on any atom is -0.323 e. The third kappa shape index (κ3) is 5.42. The largest absolute Gasteiger partial charge is 0.323 e. The lowest BCUT2D eigenvalue weighted by Crippen LogP contribution is -2.35. The van der Waals surface area contributed by atoms with E-state index in [0.717, 1.165) is 41.1 Å². The summed E-state index contributed by atoms with van der Waals surface area (Å²) in [5, 5.41) is 16.5. The Hall–Kier alpha value is -1.88. The van der Waals surface area contributed by atoms with Gasteiger partial charge in [0.1, 0.15) is 11.1 Å². The van der Waals surface area contributed by atoms with Gasteiger partial charge in [-0.2, -0.15) is 5.26 Å². The van der Waals surface area contributed by atoms with Gasteiger partial charge >= 0.3 is 0 Å². The lowest BCUT2D eigenvalue weighted by Gasteiger charge is -2.36. The molecule has 0 fully saturated rings. The van der Waals surface area contributed by atoms with Crippen molar-refractivity contribution >= 4 is 51.3 Å². The van der Waals surface area contributed by atoms with E-state index in [0.29, 0.717) is 16.9 Å². The van der Waals surface area contributed by atoms with Crippen LogP contribution in [-0.2, 0) is 17.6 Å². The smallest absolute Gasteiger partial charge is 0.236 e. The zero-order valence-corrected chi connectivity index (χ0v) is 20.0. The first kappa shape index (κ1) is 22.8. The minimum absolute atomic E-state index is 0.161. The highest BCUT2D eigenvalue weighted by atomic mass is 32.2. The first-order valence-corrected chi connectivity index (χ1v) is 12.4. The molecule has 3 rings (SSSR count). The number of thioether (sulfide) groups is 1. The van der Waals surface area contributed by atoms with E-state index in [4.69, 9.17) is 12.2 Å². The number of carbonyl (C=O) groups is 1. The van der Waals surface area contributed by atoms with Gasteiger partial charge in [0.25, 0.3) is 0 Å². The predicted molar refractivity (Wildman–Crippen MR) is 130 cm³/mol. The second-order valence-corrected chi connectivity index (χ2v) is 10.8. The average molecular weight is 458 g/mol. The summed E-state index contributed by atoms with van der Waals surface area (Å²) in [6.45, 7) is 6.91. The molecule has 158 valence electrons. The maximum Gasteiger partial charge on any atom is 0.236 e. The minimum atomic E-state index is -0.161. The number of fused-ring (bicyclic) bond motifs is 1. The molecule has 1 heterocycles. The number of thiocarbonyl (C=S) groups is 1. The molecule has 0 radical (unpaired) electrons. The van der Waals surface area contributed by atoms with Gasteiger partial charge in [-0.3, -0.25) is 4.79 Å². The Morgan fingerprint density at radius 1 is 1.37 bits per heavy atom. The Kier molecular flexibility index (Phi) is 7.56. The first-order chi connectivity index (χ1) is 14.3. The number of thiophene rings is 1. The second-order valence-electron chi connectivity index (χ2n) is 8.21. The highest BCUT2D eigenvalue weighted by Crippen LogP contribution is 2.45. The summed E-state index contributed by atoms with van der Waals surface area (Å²) in [7, 11) is 0. The molecule has 0 bridgehead atoms. The van der Waals surface area contributed by atoms with Crippen LogP contribution in [0.2, 0.25) is 0 Å². The number of carbonyl (C=O) groups excluding carboxylic acids is 1. The molecule has 0 saturated carbocycles. The van der Waals surface area contributed by atoms with Gasteiger partial charge in [-0.25, -0.2) is 0 Å². The quantitative estimate of drug-likeness (QED) is 0.426. The van der Waals surface area contributed by atoms with Gasteiger partial charge in [0, 0.05) is 9.77 Å². The van der Waals surface area contributed by atoms with Crippen LogP contribution in [0.25, 0.3) is 0 Å². The van der Waals surface area contributed by atoms with E-state index in [1.54, 1.807) is 11.3 Å². The Morgan fingerprint density at radius 3 is 2.77 bits per heavy atom. The molecule has 30 heavy (non-hydrogen) atoms. The number of hydrogen-bond acceptors (Lipinski definition) is 5. The fourth-order valence-electron chi connectivity index (χ4n) is 3.71. The Balaban J connectivity index is 1.62. The van der Waals surface area contributed by atoms with Crippen LogP contribution in [-0.4, -0.2) is 16.8 Å². The summed E-state index contributed by atoms with van der Waals surface area (Å²) in [4.78, 5) is 14.5. The maximum atomic E-state index is 12.2. The van der Waals surface area contributed by atoms with Crippen LogP contribution in [0.4, 0.5) is 5.00 Å². The van der Waals surface area contributed by atoms with Gasteiger partial charge in [0.05, 0.1) is 11.3 Å². The molecule has 1 atom stereocenters. The fraction of sp³-hybridized carbons (Fsp3) is 0.435. The van der Waals surface area contributed by atoms with Gasteiger partial charge in [-0.1, -0.05) is 45.4 Å². The molecule has 7 heteroatoms. The van der Waals surface area contributed by atoms with Crippen molar-refractivity contribution in [3.63, 3.8) is 0 Å². The topological polar surface area (TPSA) is 64.9 Å². The average Bonchev–Trinajstić information content (AvgIpc) is 3.08. The van der Waals surface area contributed by atoms with Crippen LogP contribution in [0.5, 0.6) is 0 Å². The van der Waals surface area contributed by atoms with Crippen LogP contribution < -0.4 is 10.6 Å². The van der Waals surface area contributed by atoms with Crippen LogP contribution in [0.3, 0.4) is 0 Å². The molecule has 1 aliphatic carbocycles. The van der Waals surface area contributed by atoms with Crippen LogP contribution in [0, 0.1) is 22.7 Å². The molecule has 0 spiro atoms. The normalized spacial score (nSPS) is 15.7. The van der Waals surface area contributed by atoms with Crippen molar-refractivity contribution < 1.29 is 4.79 Å². The number of anilines is 1. The van der Waals surface area contributed by atoms with E-state index in [-0.39, 0.29) is 16.8 Å². The summed E-state index contributed by atoms with van der Waals surface area (Å²) in [5.41, 5.74) is 2.13. The Labute approximate surface area is 192 Å². The first-order valence-electron chi connectivity index (χ1n) is 10.2. The zero-order chi connectivity index (χ0) is 21.7. The van der Waals surface area contributed by atoms with Gasteiger partial charge in [-0.15, -0.1) is 23.1 Å². The monoisotopic (exact) mass is 457 g/mol. The van der Waals surface area contributed by atoms with E-state index in [1.807, 2.05) is 30.3 Å². The highest BCUT2D eigenvalue weighted by molar-refractivity contribution is 8.00. The van der Waals surface area contributed by atoms with Gasteiger partial charge < -0.3 is 10.6 Å². The molecular formula is C23H27N3OS3. The number of benzene rings is 1. The molecule has 1 aromatic heterocycles. The van der Waals surface area contributed by atoms with E-state index in [9.17, 15) is 10.1 Å². The van der Waals surface area contributed by atoms with Crippen molar-refractivity contribution in [1.82, 2.24) is 5.32 Å². The second kappa shape index (κ2) is 9.95. The van der Waals surface area contributed by atoms with Gasteiger partial charge in [0.2, 0.25) is 5.91 Å². The number of nitrogens with zero attached hydrogens (tertiary/aromatic N) is 1. The molecule has 2 aromatic rings. The molecule has 1 unspecified atom stereocenters. The van der Waals surface area contributed by atoms with Crippen molar-refractivity contribution in [3.8, 4) is 6.07 Å². The van der Waals surface area contributed by atoms with Gasteiger partial charge in [0.15, 0.2) is 5.11 Å². The van der Waals surface area contributed by atoms with E-state index in [1.165, 1.54) is 16.6 Å². The molecule has 1 aliphatic rings. The zero-order valence-electron chi connectivity index (χ0n) is 17.6. The lowest BCUT2D eigenvalue weighted by molar-refractivity contribution is -0.117. The predicted octanol–water partition coefficient (Wildman–Crippen LogP) is 5.77. The Morgan fingerprint density at radius 2 is 2.10 bits per heavy atom. The SMILES string of the molecule is CCC(C)(C)C1CCc2c(sc(NC(=S)NC(=O)CSc3ccccc3)c2C#N)C1. The van der Waals surface area contributed by atoms with Crippen LogP contribution in [0.1, 0.15) is 49.6 Å². The molecule has 1 aromatic carbocycles. The summed E-state index contributed by atoms with van der Waals surface area (Å²) < 4.78 is 0. The maximum absolute atomic E-state index is 12.2. The summed E-state index contributed by atoms with van der Waals surface area (Å²) in [5.74, 6) is 0.742. The molecular weight excluding hydrogens is 430 g/mol. The van der Waals surface area contributed by atoms with Crippen LogP contribution >= 0.6 is 35.3 Å². The third-order valence-electron chi connectivity index (χ3n) is 5.99. The van der Waals surface area contributed by atoms with Crippen molar-refractivity contribution in [2.75, 3.05) is 11.1 Å². The van der Waals surface area contributed by atoms with E-state index < -0.39 is 0 Å². The number of nitrogens with one attached hydrogen (secondary N) is 2. The summed E-state index contributed by atoms with van der Waals surface area (Å²) in [6, 6.07) is 12.1. The summed E-state index contributed by atoms with van der Waals surface area (Å²) >= 11 is 8.40. The summed E-state index contributed by atoms with van der Waals surface area (Å²) in [6.07, 6.45) is 4.18. The van der Waals surface area contributed by atoms with Gasteiger partial charge in [-0.05, 0) is 60.5 Å². The van der Waals surface area contributed by atoms with E-state index >= 15 is 0 Å². The third-order valence-corrected chi connectivity index (χ3v) is 8.37. The van der Waals surface area contributed by atoms with Crippen LogP contribution in [0.15, 0.2) is 35.2 Å². The lowest BCUT2D eigenvalue weighted by atomic mass is 9.69. The van der Waals surface area contributed by atoms with Crippen molar-refractivity contribution in [3.05, 3.63) is 46.3 Å². The Bertz CT molecular complexity index is 960. The number of rotatable bonds is 6. The number of nitriles is 1. The fourth-order valence-corrected chi connectivity index (χ4v) is 5.99. The standard InChI is InChI=1S/C23H27N3OS3/c1-4-23(2,3)15-10-11-17-18(13-24)21(30-19(17)12-15)26-22(28)25-20(27)14-29-16-8-6-5-7-9-16/h5-9,15H,4,10-12,14H2,1-3H3,(H2,25,26,27,28). The van der Waals surface area contributed by atoms with E-state index in [2.05, 4.69) is 37.5 Å². The van der Waals surface area contributed by atoms with Crippen molar-refractivity contribution in [1.29, 1.82) is 5.26 Å².